The van der Waals surface area contributed by atoms with E-state index >= 15 is 0 Å². The Morgan fingerprint density at radius 3 is 2.61 bits per heavy atom. The minimum Gasteiger partial charge on any atom is -0.508 e. The SMILES string of the molecule is CC(NCC1(O)CCCC1)c1cc(O)ccc1O. The van der Waals surface area contributed by atoms with E-state index in [1.807, 2.05) is 6.92 Å². The molecular weight excluding hydrogens is 230 g/mol. The number of hydrogen-bond acceptors (Lipinski definition) is 4. The Balaban J connectivity index is 1.99. The van der Waals surface area contributed by atoms with Crippen molar-refractivity contribution in [3.8, 4) is 11.5 Å². The van der Waals surface area contributed by atoms with E-state index in [4.69, 9.17) is 0 Å². The van der Waals surface area contributed by atoms with Gasteiger partial charge in [0, 0.05) is 18.2 Å². The highest BCUT2D eigenvalue weighted by Gasteiger charge is 2.31. The van der Waals surface area contributed by atoms with Crippen molar-refractivity contribution >= 4 is 0 Å². The van der Waals surface area contributed by atoms with Gasteiger partial charge in [0.05, 0.1) is 5.60 Å². The summed E-state index contributed by atoms with van der Waals surface area (Å²) in [7, 11) is 0. The molecule has 0 saturated heterocycles. The van der Waals surface area contributed by atoms with Crippen LogP contribution in [0, 0.1) is 0 Å². The number of aliphatic hydroxyl groups is 1. The number of phenolic OH excluding ortho intramolecular Hbond substituents is 2. The molecule has 4 N–H and O–H groups in total. The van der Waals surface area contributed by atoms with Crippen LogP contribution in [0.15, 0.2) is 18.2 Å². The van der Waals surface area contributed by atoms with Crippen molar-refractivity contribution in [3.63, 3.8) is 0 Å². The van der Waals surface area contributed by atoms with Gasteiger partial charge in [0.1, 0.15) is 11.5 Å². The highest BCUT2D eigenvalue weighted by molar-refractivity contribution is 5.40. The van der Waals surface area contributed by atoms with Crippen molar-refractivity contribution in [3.05, 3.63) is 23.8 Å². The van der Waals surface area contributed by atoms with Crippen LogP contribution < -0.4 is 5.32 Å². The fraction of sp³-hybridized carbons (Fsp3) is 0.571. The number of aromatic hydroxyl groups is 2. The summed E-state index contributed by atoms with van der Waals surface area (Å²) in [5, 5.41) is 32.6. The third-order valence-corrected chi connectivity index (χ3v) is 3.75. The molecule has 1 aliphatic rings. The standard InChI is InChI=1S/C14H21NO3/c1-10(12-8-11(16)4-5-13(12)17)15-9-14(18)6-2-3-7-14/h4-5,8,10,15-18H,2-3,6-7,9H2,1H3. The van der Waals surface area contributed by atoms with Crippen LogP contribution in [0.25, 0.3) is 0 Å². The van der Waals surface area contributed by atoms with Gasteiger partial charge in [-0.1, -0.05) is 12.8 Å². The Hall–Kier alpha value is -1.26. The maximum Gasteiger partial charge on any atom is 0.120 e. The summed E-state index contributed by atoms with van der Waals surface area (Å²) in [5.41, 5.74) is 0.0392. The van der Waals surface area contributed by atoms with Crippen LogP contribution in [0.3, 0.4) is 0 Å². The molecule has 1 fully saturated rings. The number of benzene rings is 1. The molecule has 0 amide bonds. The molecule has 0 heterocycles. The molecule has 1 aromatic rings. The lowest BCUT2D eigenvalue weighted by Crippen LogP contribution is -2.39. The molecule has 4 nitrogen and oxygen atoms in total. The second-order valence-electron chi connectivity index (χ2n) is 5.28. The summed E-state index contributed by atoms with van der Waals surface area (Å²) in [4.78, 5) is 0. The molecule has 100 valence electrons. The van der Waals surface area contributed by atoms with Crippen molar-refractivity contribution in [1.82, 2.24) is 5.32 Å². The Morgan fingerprint density at radius 1 is 1.28 bits per heavy atom. The van der Waals surface area contributed by atoms with Crippen LogP contribution >= 0.6 is 0 Å². The van der Waals surface area contributed by atoms with E-state index in [1.165, 1.54) is 12.1 Å². The lowest BCUT2D eigenvalue weighted by molar-refractivity contribution is 0.0452. The number of phenols is 2. The van der Waals surface area contributed by atoms with Crippen molar-refractivity contribution in [2.45, 2.75) is 44.2 Å². The lowest BCUT2D eigenvalue weighted by atomic mass is 10.0. The largest absolute Gasteiger partial charge is 0.508 e. The quantitative estimate of drug-likeness (QED) is 0.618. The molecule has 1 aromatic carbocycles. The van der Waals surface area contributed by atoms with Crippen molar-refractivity contribution in [2.75, 3.05) is 6.54 Å². The first-order valence-corrected chi connectivity index (χ1v) is 6.48. The number of rotatable bonds is 4. The highest BCUT2D eigenvalue weighted by atomic mass is 16.3. The van der Waals surface area contributed by atoms with E-state index in [2.05, 4.69) is 5.32 Å². The van der Waals surface area contributed by atoms with Gasteiger partial charge in [0.2, 0.25) is 0 Å². The molecule has 1 unspecified atom stereocenters. The van der Waals surface area contributed by atoms with Crippen molar-refractivity contribution in [2.24, 2.45) is 0 Å². The third-order valence-electron chi connectivity index (χ3n) is 3.75. The predicted molar refractivity (Wildman–Crippen MR) is 69.6 cm³/mol. The second kappa shape index (κ2) is 5.16. The molecule has 4 heteroatoms. The lowest BCUT2D eigenvalue weighted by Gasteiger charge is -2.25. The van der Waals surface area contributed by atoms with Crippen LogP contribution in [0.2, 0.25) is 0 Å². The first kappa shape index (κ1) is 13.2. The molecule has 1 aliphatic carbocycles. The monoisotopic (exact) mass is 251 g/mol. The first-order valence-electron chi connectivity index (χ1n) is 6.48. The molecule has 0 radical (unpaired) electrons. The Kier molecular flexibility index (Phi) is 3.78. The molecular formula is C14H21NO3. The van der Waals surface area contributed by atoms with Gasteiger partial charge in [-0.3, -0.25) is 0 Å². The second-order valence-corrected chi connectivity index (χ2v) is 5.28. The average molecular weight is 251 g/mol. The molecule has 0 bridgehead atoms. The van der Waals surface area contributed by atoms with Gasteiger partial charge in [-0.25, -0.2) is 0 Å². The Morgan fingerprint density at radius 2 is 1.94 bits per heavy atom. The summed E-state index contributed by atoms with van der Waals surface area (Å²) in [6, 6.07) is 4.37. The fourth-order valence-corrected chi connectivity index (χ4v) is 2.55. The first-order chi connectivity index (χ1) is 8.50. The summed E-state index contributed by atoms with van der Waals surface area (Å²) in [6.07, 6.45) is 3.81. The summed E-state index contributed by atoms with van der Waals surface area (Å²) >= 11 is 0. The van der Waals surface area contributed by atoms with E-state index in [9.17, 15) is 15.3 Å². The van der Waals surface area contributed by atoms with Gasteiger partial charge in [-0.05, 0) is 38.0 Å². The average Bonchev–Trinajstić information content (AvgIpc) is 2.77. The van der Waals surface area contributed by atoms with Gasteiger partial charge in [0.25, 0.3) is 0 Å². The Bertz CT molecular complexity index is 414. The minimum atomic E-state index is -0.610. The third kappa shape index (κ3) is 2.94. The van der Waals surface area contributed by atoms with Gasteiger partial charge in [-0.15, -0.1) is 0 Å². The predicted octanol–water partition coefficient (Wildman–Crippen LogP) is 2.05. The fourth-order valence-electron chi connectivity index (χ4n) is 2.55. The molecule has 0 aliphatic heterocycles. The van der Waals surface area contributed by atoms with Crippen LogP contribution in [0.5, 0.6) is 11.5 Å². The van der Waals surface area contributed by atoms with E-state index in [0.717, 1.165) is 25.7 Å². The van der Waals surface area contributed by atoms with Crippen molar-refractivity contribution < 1.29 is 15.3 Å². The van der Waals surface area contributed by atoms with E-state index < -0.39 is 5.60 Å². The summed E-state index contributed by atoms with van der Waals surface area (Å²) in [5.74, 6) is 0.294. The summed E-state index contributed by atoms with van der Waals surface area (Å²) in [6.45, 7) is 2.43. The topological polar surface area (TPSA) is 72.7 Å². The van der Waals surface area contributed by atoms with Crippen LogP contribution in [0.1, 0.15) is 44.2 Å². The normalized spacial score (nSPS) is 19.9. The Labute approximate surface area is 107 Å². The molecule has 0 aromatic heterocycles. The molecule has 1 atom stereocenters. The van der Waals surface area contributed by atoms with Gasteiger partial charge in [0.15, 0.2) is 0 Å². The minimum absolute atomic E-state index is 0.110. The van der Waals surface area contributed by atoms with Gasteiger partial charge >= 0.3 is 0 Å². The van der Waals surface area contributed by atoms with E-state index in [-0.39, 0.29) is 17.5 Å². The van der Waals surface area contributed by atoms with Crippen molar-refractivity contribution in [1.29, 1.82) is 0 Å². The van der Waals surface area contributed by atoms with Crippen LogP contribution in [-0.4, -0.2) is 27.5 Å². The molecule has 1 saturated carbocycles. The maximum atomic E-state index is 10.2. The number of nitrogens with one attached hydrogen (secondary N) is 1. The maximum absolute atomic E-state index is 10.2. The highest BCUT2D eigenvalue weighted by Crippen LogP contribution is 2.31. The van der Waals surface area contributed by atoms with E-state index in [0.29, 0.717) is 12.1 Å². The molecule has 2 rings (SSSR count). The van der Waals surface area contributed by atoms with Gasteiger partial charge < -0.3 is 20.6 Å². The zero-order valence-electron chi connectivity index (χ0n) is 10.7. The van der Waals surface area contributed by atoms with E-state index in [1.54, 1.807) is 6.07 Å². The number of hydrogen-bond donors (Lipinski definition) is 4. The zero-order valence-corrected chi connectivity index (χ0v) is 10.7. The smallest absolute Gasteiger partial charge is 0.120 e. The van der Waals surface area contributed by atoms with Crippen LogP contribution in [-0.2, 0) is 0 Å². The molecule has 18 heavy (non-hydrogen) atoms. The molecule has 0 spiro atoms. The summed E-state index contributed by atoms with van der Waals surface area (Å²) < 4.78 is 0. The van der Waals surface area contributed by atoms with Gasteiger partial charge in [-0.2, -0.15) is 0 Å². The van der Waals surface area contributed by atoms with Crippen LogP contribution in [0.4, 0.5) is 0 Å². The zero-order chi connectivity index (χ0) is 13.2.